The van der Waals surface area contributed by atoms with Crippen LogP contribution in [0.25, 0.3) is 0 Å². The second kappa shape index (κ2) is 38.5. The van der Waals surface area contributed by atoms with Crippen LogP contribution in [0.15, 0.2) is 60.8 Å². The van der Waals surface area contributed by atoms with E-state index in [4.69, 9.17) is 18.5 Å². The first-order chi connectivity index (χ1) is 32.8. The molecule has 0 bridgehead atoms. The molecule has 1 rings (SSSR count). The molecule has 0 heterocycles. The number of ether oxygens (including phenoxy) is 2. The van der Waals surface area contributed by atoms with E-state index in [2.05, 4.69) is 83.7 Å². The maximum Gasteiger partial charge on any atom is 0.472 e. The van der Waals surface area contributed by atoms with Crippen LogP contribution in [-0.4, -0.2) is 108 Å². The maximum atomic E-state index is 13.1. The molecule has 0 saturated heterocycles. The molecule has 0 aromatic rings. The number of unbranched alkanes of at least 4 members (excludes halogenated alkanes) is 15. The fourth-order valence-electron chi connectivity index (χ4n) is 7.16. The van der Waals surface area contributed by atoms with E-state index in [1.54, 1.807) is 0 Å². The molecule has 400 valence electrons. The minimum Gasteiger partial charge on any atom is -0.462 e. The first kappa shape index (κ1) is 64.9. The van der Waals surface area contributed by atoms with Crippen LogP contribution in [0, 0.1) is 0 Å². The zero-order chi connectivity index (χ0) is 51.4. The Bertz CT molecular complexity index is 1670. The molecule has 0 radical (unpaired) electrons. The Balaban J connectivity index is 2.74. The van der Waals surface area contributed by atoms with Crippen LogP contribution >= 0.6 is 23.5 Å². The second-order valence-electron chi connectivity index (χ2n) is 17.0. The van der Waals surface area contributed by atoms with Gasteiger partial charge < -0.3 is 49.3 Å². The zero-order valence-electron chi connectivity index (χ0n) is 40.6. The van der Waals surface area contributed by atoms with Crippen LogP contribution in [0.3, 0.4) is 0 Å². The molecule has 0 aromatic heterocycles. The zero-order valence-corrected chi connectivity index (χ0v) is 43.3. The molecule has 1 aliphatic rings. The van der Waals surface area contributed by atoms with E-state index < -0.39 is 91.3 Å². The lowest BCUT2D eigenvalue weighted by molar-refractivity contribution is -0.213. The lowest BCUT2D eigenvalue weighted by atomic mass is 9.85. The first-order valence-electron chi connectivity index (χ1n) is 24.6. The average Bonchev–Trinajstić information content (AvgIpc) is 3.28. The van der Waals surface area contributed by atoms with Crippen LogP contribution in [0.5, 0.6) is 0 Å². The minimum atomic E-state index is -5.61. The lowest BCUT2D eigenvalue weighted by Gasteiger charge is -2.44. The van der Waals surface area contributed by atoms with Crippen LogP contribution in [0.2, 0.25) is 0 Å². The predicted octanol–water partition coefficient (Wildman–Crippen LogP) is 9.18. The van der Waals surface area contributed by atoms with Crippen LogP contribution in [0.4, 0.5) is 0 Å². The van der Waals surface area contributed by atoms with E-state index in [-0.39, 0.29) is 12.8 Å². The summed E-state index contributed by atoms with van der Waals surface area (Å²) in [6.45, 7) is 2.80. The van der Waals surface area contributed by atoms with Gasteiger partial charge in [0.1, 0.15) is 43.2 Å². The summed E-state index contributed by atoms with van der Waals surface area (Å²) >= 11 is 0. The number of aliphatic hydroxyl groups is 3. The van der Waals surface area contributed by atoms with Crippen molar-refractivity contribution in [1.82, 2.24) is 0 Å². The largest absolute Gasteiger partial charge is 0.472 e. The Hall–Kier alpha value is -2.15. The average molecular weight is 1050 g/mol. The van der Waals surface area contributed by atoms with Gasteiger partial charge in [-0.1, -0.05) is 139 Å². The monoisotopic (exact) mass is 1040 g/mol. The third kappa shape index (κ3) is 34.8. The van der Waals surface area contributed by atoms with Crippen molar-refractivity contribution in [2.45, 2.75) is 211 Å². The number of aliphatic hydroxyl groups excluding tert-OH is 3. The minimum absolute atomic E-state index is 0.0331. The number of allylic oxidation sites excluding steroid dienone is 10. The molecule has 0 spiro atoms. The fraction of sp³-hybridized carbons (Fsp3) is 0.745. The molecule has 8 N–H and O–H groups in total. The van der Waals surface area contributed by atoms with Crippen molar-refractivity contribution in [2.75, 3.05) is 13.2 Å². The molecule has 8 unspecified atom stereocenters. The van der Waals surface area contributed by atoms with Crippen LogP contribution in [-0.2, 0) is 50.9 Å². The quantitative estimate of drug-likeness (QED) is 0.0122. The van der Waals surface area contributed by atoms with E-state index in [1.807, 2.05) is 0 Å². The smallest absolute Gasteiger partial charge is 0.462 e. The molecule has 0 aromatic carbocycles. The number of carbonyl (C=O) groups excluding carboxylic acids is 2. The Morgan fingerprint density at radius 3 is 1.38 bits per heavy atom. The molecule has 8 atom stereocenters. The summed E-state index contributed by atoms with van der Waals surface area (Å²) in [6.07, 6.45) is 26.6. The number of hydrogen-bond acceptors (Lipinski definition) is 14. The van der Waals surface area contributed by atoms with Crippen molar-refractivity contribution in [3.8, 4) is 0 Å². The van der Waals surface area contributed by atoms with Crippen LogP contribution in [0.1, 0.15) is 168 Å². The van der Waals surface area contributed by atoms with E-state index in [9.17, 15) is 63.1 Å². The molecule has 69 heavy (non-hydrogen) atoms. The fourth-order valence-corrected chi connectivity index (χ4v) is 9.25. The number of carbonyl (C=O) groups is 2. The van der Waals surface area contributed by atoms with E-state index in [0.717, 1.165) is 96.3 Å². The Morgan fingerprint density at radius 1 is 0.478 bits per heavy atom. The molecule has 0 aliphatic heterocycles. The summed E-state index contributed by atoms with van der Waals surface area (Å²) in [7, 11) is -16.6. The summed E-state index contributed by atoms with van der Waals surface area (Å²) in [4.78, 5) is 73.3. The summed E-state index contributed by atoms with van der Waals surface area (Å²) in [6, 6.07) is 0. The van der Waals surface area contributed by atoms with Crippen molar-refractivity contribution in [3.05, 3.63) is 60.8 Å². The Morgan fingerprint density at radius 2 is 0.884 bits per heavy atom. The highest BCUT2D eigenvalue weighted by atomic mass is 31.2. The standard InChI is InChI=1S/C47H83O19P3/c1-3-5-7-9-11-13-15-17-19-20-22-24-26-28-30-32-34-36-41(49)63-39(37-61-40(48)35-33-31-29-27-25-23-21-18-16-14-12-10-8-6-4-2)38-62-69(59,60)66-45-42(50)43(51)46(64-67(53,54)55)47(44(45)52)65-68(56,57)58/h5,7,11,13-14,16-17,19,22,24,39,42-47,50-52H,3-4,6,8-10,12,15,18,20-21,23,25-38H2,1-2H3,(H,59,60)(H2,53,54,55)(H2,56,57,58). The van der Waals surface area contributed by atoms with Crippen molar-refractivity contribution >= 4 is 35.4 Å². The van der Waals surface area contributed by atoms with Gasteiger partial charge in [-0.2, -0.15) is 0 Å². The van der Waals surface area contributed by atoms with E-state index in [1.165, 1.54) is 25.7 Å². The summed E-state index contributed by atoms with van der Waals surface area (Å²) in [5.74, 6) is -1.33. The van der Waals surface area contributed by atoms with Gasteiger partial charge in [0, 0.05) is 12.8 Å². The maximum absolute atomic E-state index is 13.1. The third-order valence-corrected chi connectivity index (χ3v) is 12.8. The molecular weight excluding hydrogens is 961 g/mol. The Kier molecular flexibility index (Phi) is 36.2. The van der Waals surface area contributed by atoms with Crippen molar-refractivity contribution in [2.24, 2.45) is 0 Å². The van der Waals surface area contributed by atoms with E-state index in [0.29, 0.717) is 19.3 Å². The highest BCUT2D eigenvalue weighted by molar-refractivity contribution is 7.47. The highest BCUT2D eigenvalue weighted by Crippen LogP contribution is 2.51. The van der Waals surface area contributed by atoms with Gasteiger partial charge in [-0.15, -0.1) is 0 Å². The van der Waals surface area contributed by atoms with Gasteiger partial charge in [-0.05, 0) is 77.0 Å². The Labute approximate surface area is 409 Å². The number of esters is 2. The first-order valence-corrected chi connectivity index (χ1v) is 29.1. The van der Waals surface area contributed by atoms with Gasteiger partial charge in [0.15, 0.2) is 6.10 Å². The molecule has 1 aliphatic carbocycles. The number of phosphoric ester groups is 3. The number of hydrogen-bond donors (Lipinski definition) is 8. The highest BCUT2D eigenvalue weighted by Gasteiger charge is 2.56. The third-order valence-electron chi connectivity index (χ3n) is 10.8. The normalized spacial score (nSPS) is 21.8. The molecule has 1 saturated carbocycles. The van der Waals surface area contributed by atoms with Gasteiger partial charge in [0.2, 0.25) is 0 Å². The number of phosphoric acid groups is 3. The summed E-state index contributed by atoms with van der Waals surface area (Å²) < 4.78 is 65.5. The van der Waals surface area contributed by atoms with Crippen LogP contribution < -0.4 is 0 Å². The number of rotatable bonds is 41. The van der Waals surface area contributed by atoms with E-state index >= 15 is 0 Å². The SMILES string of the molecule is CCC=CCC=CCC=CCC=CCCCCCCC(=O)OC(COC(=O)CCCCCCCCCC=CCCCCCC)COP(=O)(O)OC1C(O)C(O)C(OP(=O)(O)O)C(OP(=O)(O)O)C1O. The summed E-state index contributed by atoms with van der Waals surface area (Å²) in [5.41, 5.74) is 0. The summed E-state index contributed by atoms with van der Waals surface area (Å²) in [5, 5.41) is 31.9. The lowest BCUT2D eigenvalue weighted by Crippen LogP contribution is -2.65. The second-order valence-corrected chi connectivity index (χ2v) is 20.8. The topological polar surface area (TPSA) is 303 Å². The van der Waals surface area contributed by atoms with Gasteiger partial charge in [0.25, 0.3) is 0 Å². The predicted molar refractivity (Wildman–Crippen MR) is 261 cm³/mol. The van der Waals surface area contributed by atoms with Crippen molar-refractivity contribution in [1.29, 1.82) is 0 Å². The molecule has 19 nitrogen and oxygen atoms in total. The van der Waals surface area contributed by atoms with Gasteiger partial charge in [-0.3, -0.25) is 27.7 Å². The molecular formula is C47H83O19P3. The van der Waals surface area contributed by atoms with Gasteiger partial charge in [-0.25, -0.2) is 13.7 Å². The van der Waals surface area contributed by atoms with Gasteiger partial charge >= 0.3 is 35.4 Å². The van der Waals surface area contributed by atoms with Gasteiger partial charge in [0.05, 0.1) is 6.61 Å². The molecule has 0 amide bonds. The molecule has 1 fully saturated rings. The molecule has 22 heteroatoms. The van der Waals surface area contributed by atoms with Crippen molar-refractivity contribution in [3.63, 3.8) is 0 Å². The van der Waals surface area contributed by atoms with Crippen molar-refractivity contribution < 1.29 is 90.6 Å².